The third kappa shape index (κ3) is 4.90. The van der Waals surface area contributed by atoms with Crippen LogP contribution in [-0.4, -0.2) is 42.3 Å². The Hall–Kier alpha value is -3.35. The van der Waals surface area contributed by atoms with Crippen LogP contribution in [0.4, 0.5) is 4.79 Å². The van der Waals surface area contributed by atoms with Gasteiger partial charge in [-0.1, -0.05) is 55.0 Å². The highest BCUT2D eigenvalue weighted by atomic mass is 16.5. The van der Waals surface area contributed by atoms with E-state index in [1.165, 1.54) is 22.3 Å². The van der Waals surface area contributed by atoms with Gasteiger partial charge in [-0.05, 0) is 60.3 Å². The van der Waals surface area contributed by atoms with Gasteiger partial charge in [0.25, 0.3) is 0 Å². The van der Waals surface area contributed by atoms with Gasteiger partial charge in [-0.15, -0.1) is 0 Å². The maximum Gasteiger partial charge on any atom is 0.407 e. The van der Waals surface area contributed by atoms with Crippen LogP contribution < -0.4 is 10.6 Å². The van der Waals surface area contributed by atoms with Gasteiger partial charge in [0.05, 0.1) is 5.92 Å². The number of amides is 2. The first-order valence-corrected chi connectivity index (χ1v) is 12.6. The van der Waals surface area contributed by atoms with Crippen molar-refractivity contribution in [3.05, 3.63) is 59.7 Å². The Morgan fingerprint density at radius 2 is 1.60 bits per heavy atom. The van der Waals surface area contributed by atoms with Crippen molar-refractivity contribution < 1.29 is 24.2 Å². The monoisotopic (exact) mass is 476 g/mol. The van der Waals surface area contributed by atoms with E-state index in [-0.39, 0.29) is 42.2 Å². The van der Waals surface area contributed by atoms with Crippen LogP contribution in [0.2, 0.25) is 0 Å². The summed E-state index contributed by atoms with van der Waals surface area (Å²) in [5.74, 6) is -1.25. The maximum absolute atomic E-state index is 12.9. The van der Waals surface area contributed by atoms with Crippen molar-refractivity contribution in [2.75, 3.05) is 13.2 Å². The molecule has 3 N–H and O–H groups in total. The number of nitrogens with one attached hydrogen (secondary N) is 2. The first-order chi connectivity index (χ1) is 17.0. The van der Waals surface area contributed by atoms with Gasteiger partial charge in [0.1, 0.15) is 6.61 Å². The summed E-state index contributed by atoms with van der Waals surface area (Å²) in [6.07, 6.45) is 3.96. The average Bonchev–Trinajstić information content (AvgIpc) is 3.59. The molecular weight excluding hydrogens is 444 g/mol. The predicted octanol–water partition coefficient (Wildman–Crippen LogP) is 4.31. The SMILES string of the molecule is O=C(NC[C@@H]1CCC[C@@H]1C(=O)N[C@@H]1CC[C@H](C(=O)O)C1)OCC1c2ccccc2-c2ccccc21. The number of rotatable bonds is 7. The van der Waals surface area contributed by atoms with Gasteiger partial charge >= 0.3 is 12.1 Å². The van der Waals surface area contributed by atoms with Crippen LogP contribution >= 0.6 is 0 Å². The molecule has 7 nitrogen and oxygen atoms in total. The molecule has 0 heterocycles. The molecule has 0 aliphatic heterocycles. The average molecular weight is 477 g/mol. The van der Waals surface area contributed by atoms with E-state index >= 15 is 0 Å². The number of carbonyl (C=O) groups excluding carboxylic acids is 2. The standard InChI is InChI=1S/C28H32N2O5/c31-26(30-19-13-12-17(14-19)27(32)33)20-11-5-6-18(20)15-29-28(34)35-16-25-23-9-3-1-7-21(23)22-8-2-4-10-24(22)25/h1-4,7-10,17-20,25H,5-6,11-16H2,(H,29,34)(H,30,31)(H,32,33)/t17-,18-,19+,20-/m0/s1. The number of alkyl carbamates (subject to hydrolysis) is 1. The molecule has 2 aromatic carbocycles. The topological polar surface area (TPSA) is 105 Å². The van der Waals surface area contributed by atoms with Crippen LogP contribution in [0.1, 0.15) is 55.6 Å². The summed E-state index contributed by atoms with van der Waals surface area (Å²) in [6, 6.07) is 16.4. The van der Waals surface area contributed by atoms with E-state index in [1.807, 2.05) is 24.3 Å². The van der Waals surface area contributed by atoms with Crippen molar-refractivity contribution >= 4 is 18.0 Å². The number of benzene rings is 2. The minimum Gasteiger partial charge on any atom is -0.481 e. The molecular formula is C28H32N2O5. The first kappa shape index (κ1) is 23.4. The van der Waals surface area contributed by atoms with E-state index in [0.29, 0.717) is 25.8 Å². The van der Waals surface area contributed by atoms with Crippen molar-refractivity contribution in [2.45, 2.75) is 50.5 Å². The number of aliphatic carboxylic acids is 1. The Morgan fingerprint density at radius 1 is 0.914 bits per heavy atom. The molecule has 0 radical (unpaired) electrons. The molecule has 2 fully saturated rings. The fraction of sp³-hybridized carbons (Fsp3) is 0.464. The Bertz CT molecular complexity index is 1070. The van der Waals surface area contributed by atoms with Crippen LogP contribution in [0.3, 0.4) is 0 Å². The summed E-state index contributed by atoms with van der Waals surface area (Å²) in [6.45, 7) is 0.665. The van der Waals surface area contributed by atoms with Crippen molar-refractivity contribution in [3.63, 3.8) is 0 Å². The van der Waals surface area contributed by atoms with Crippen LogP contribution in [0.5, 0.6) is 0 Å². The Balaban J connectivity index is 1.12. The molecule has 5 rings (SSSR count). The minimum atomic E-state index is -0.784. The van der Waals surface area contributed by atoms with Crippen molar-refractivity contribution in [2.24, 2.45) is 17.8 Å². The smallest absolute Gasteiger partial charge is 0.407 e. The number of hydrogen-bond acceptors (Lipinski definition) is 4. The van der Waals surface area contributed by atoms with E-state index in [4.69, 9.17) is 4.74 Å². The van der Waals surface area contributed by atoms with Gasteiger partial charge in [0, 0.05) is 24.4 Å². The highest BCUT2D eigenvalue weighted by Gasteiger charge is 2.37. The molecule has 2 aromatic rings. The highest BCUT2D eigenvalue weighted by molar-refractivity contribution is 5.80. The number of fused-ring (bicyclic) bond motifs is 3. The first-order valence-electron chi connectivity index (χ1n) is 12.6. The second kappa shape index (κ2) is 10.1. The quantitative estimate of drug-likeness (QED) is 0.552. The largest absolute Gasteiger partial charge is 0.481 e. The Kier molecular flexibility index (Phi) is 6.75. The second-order valence-corrected chi connectivity index (χ2v) is 10.1. The molecule has 2 saturated carbocycles. The number of carbonyl (C=O) groups is 3. The minimum absolute atomic E-state index is 0.0131. The van der Waals surface area contributed by atoms with E-state index in [9.17, 15) is 19.5 Å². The van der Waals surface area contributed by atoms with E-state index in [2.05, 4.69) is 34.9 Å². The number of carboxylic acids is 1. The molecule has 0 unspecified atom stereocenters. The molecule has 184 valence electrons. The van der Waals surface area contributed by atoms with Gasteiger partial charge in [-0.3, -0.25) is 9.59 Å². The van der Waals surface area contributed by atoms with Crippen LogP contribution in [0, 0.1) is 17.8 Å². The highest BCUT2D eigenvalue weighted by Crippen LogP contribution is 2.44. The molecule has 7 heteroatoms. The van der Waals surface area contributed by atoms with Gasteiger partial charge < -0.3 is 20.5 Å². The molecule has 0 spiro atoms. The molecule has 3 aliphatic carbocycles. The maximum atomic E-state index is 12.9. The third-order valence-electron chi connectivity index (χ3n) is 7.98. The summed E-state index contributed by atoms with van der Waals surface area (Å²) in [4.78, 5) is 36.6. The van der Waals surface area contributed by atoms with Gasteiger partial charge in [-0.25, -0.2) is 4.79 Å². The van der Waals surface area contributed by atoms with Crippen LogP contribution in [-0.2, 0) is 14.3 Å². The fourth-order valence-corrected chi connectivity index (χ4v) is 6.14. The summed E-state index contributed by atoms with van der Waals surface area (Å²) < 4.78 is 5.63. The number of carboxylic acid groups (broad SMARTS) is 1. The summed E-state index contributed by atoms with van der Waals surface area (Å²) in [5.41, 5.74) is 4.72. The molecule has 0 aromatic heterocycles. The molecule has 0 saturated heterocycles. The normalized spacial score (nSPS) is 25.0. The summed E-state index contributed by atoms with van der Waals surface area (Å²) >= 11 is 0. The van der Waals surface area contributed by atoms with Crippen molar-refractivity contribution in [3.8, 4) is 11.1 Å². The third-order valence-corrected chi connectivity index (χ3v) is 7.98. The predicted molar refractivity (Wildman–Crippen MR) is 131 cm³/mol. The lowest BCUT2D eigenvalue weighted by atomic mass is 9.94. The molecule has 35 heavy (non-hydrogen) atoms. The van der Waals surface area contributed by atoms with Gasteiger partial charge in [0.2, 0.25) is 5.91 Å². The van der Waals surface area contributed by atoms with Crippen molar-refractivity contribution in [1.82, 2.24) is 10.6 Å². The van der Waals surface area contributed by atoms with E-state index in [0.717, 1.165) is 19.3 Å². The zero-order valence-corrected chi connectivity index (χ0v) is 19.7. The fourth-order valence-electron chi connectivity index (χ4n) is 6.14. The van der Waals surface area contributed by atoms with Crippen molar-refractivity contribution in [1.29, 1.82) is 0 Å². The molecule has 3 aliphatic rings. The summed E-state index contributed by atoms with van der Waals surface area (Å²) in [5, 5.41) is 15.1. The van der Waals surface area contributed by atoms with Gasteiger partial charge in [0.15, 0.2) is 0 Å². The molecule has 0 bridgehead atoms. The lowest BCUT2D eigenvalue weighted by Gasteiger charge is -2.22. The Morgan fingerprint density at radius 3 is 2.26 bits per heavy atom. The van der Waals surface area contributed by atoms with Crippen LogP contribution in [0.25, 0.3) is 11.1 Å². The number of hydrogen-bond donors (Lipinski definition) is 3. The van der Waals surface area contributed by atoms with Crippen LogP contribution in [0.15, 0.2) is 48.5 Å². The van der Waals surface area contributed by atoms with E-state index in [1.54, 1.807) is 0 Å². The second-order valence-electron chi connectivity index (χ2n) is 10.1. The number of ether oxygens (including phenoxy) is 1. The molecule has 2 amide bonds. The molecule has 4 atom stereocenters. The Labute approximate surface area is 205 Å². The summed E-state index contributed by atoms with van der Waals surface area (Å²) in [7, 11) is 0. The van der Waals surface area contributed by atoms with Gasteiger partial charge in [-0.2, -0.15) is 0 Å². The zero-order valence-electron chi connectivity index (χ0n) is 19.7. The lowest BCUT2D eigenvalue weighted by molar-refractivity contribution is -0.141. The lowest BCUT2D eigenvalue weighted by Crippen LogP contribution is -2.41. The van der Waals surface area contributed by atoms with E-state index < -0.39 is 12.1 Å². The zero-order chi connectivity index (χ0) is 24.4.